The highest BCUT2D eigenvalue weighted by atomic mass is 16.5. The van der Waals surface area contributed by atoms with E-state index in [9.17, 15) is 4.79 Å². The number of aromatic nitrogens is 2. The molecule has 4 rings (SSSR count). The number of fused-ring (bicyclic) bond motifs is 1. The van der Waals surface area contributed by atoms with Crippen LogP contribution in [0.1, 0.15) is 43.1 Å². The van der Waals surface area contributed by atoms with E-state index >= 15 is 0 Å². The number of benzene rings is 1. The van der Waals surface area contributed by atoms with Crippen molar-refractivity contribution in [3.8, 4) is 0 Å². The molecule has 0 N–H and O–H groups in total. The number of para-hydroxylation sites is 1. The summed E-state index contributed by atoms with van der Waals surface area (Å²) in [4.78, 5) is 18.5. The Morgan fingerprint density at radius 1 is 1.29 bits per heavy atom. The fourth-order valence-corrected chi connectivity index (χ4v) is 3.67. The zero-order valence-corrected chi connectivity index (χ0v) is 13.8. The van der Waals surface area contributed by atoms with Gasteiger partial charge in [-0.1, -0.05) is 23.4 Å². The van der Waals surface area contributed by atoms with Crippen LogP contribution in [0.3, 0.4) is 0 Å². The number of hydrogen-bond acceptors (Lipinski definition) is 5. The summed E-state index contributed by atoms with van der Waals surface area (Å²) in [5.41, 5.74) is 2.08. The minimum absolute atomic E-state index is 0.00544. The van der Waals surface area contributed by atoms with Gasteiger partial charge >= 0.3 is 0 Å². The number of ether oxygens (including phenoxy) is 1. The van der Waals surface area contributed by atoms with Crippen molar-refractivity contribution >= 4 is 11.6 Å². The van der Waals surface area contributed by atoms with Crippen LogP contribution in [0, 0.1) is 5.92 Å². The van der Waals surface area contributed by atoms with Gasteiger partial charge in [-0.25, -0.2) is 0 Å². The van der Waals surface area contributed by atoms with E-state index < -0.39 is 0 Å². The lowest BCUT2D eigenvalue weighted by atomic mass is 9.96. The van der Waals surface area contributed by atoms with Crippen molar-refractivity contribution in [1.29, 1.82) is 0 Å². The van der Waals surface area contributed by atoms with Gasteiger partial charge in [0.25, 0.3) is 0 Å². The highest BCUT2D eigenvalue weighted by Gasteiger charge is 2.36. The second kappa shape index (κ2) is 6.36. The summed E-state index contributed by atoms with van der Waals surface area (Å²) in [5, 5.41) is 4.15. The number of amides is 1. The molecule has 0 spiro atoms. The maximum atomic E-state index is 12.1. The topological polar surface area (TPSA) is 68.5 Å². The molecule has 0 unspecified atom stereocenters. The molecule has 1 saturated heterocycles. The number of carbonyl (C=O) groups excluding carboxylic acids is 1. The van der Waals surface area contributed by atoms with Crippen LogP contribution in [0.25, 0.3) is 0 Å². The largest absolute Gasteiger partial charge is 0.381 e. The fourth-order valence-electron chi connectivity index (χ4n) is 3.67. The van der Waals surface area contributed by atoms with Crippen molar-refractivity contribution in [3.05, 3.63) is 41.5 Å². The van der Waals surface area contributed by atoms with Crippen LogP contribution in [-0.2, 0) is 22.4 Å². The molecule has 2 aromatic rings. The van der Waals surface area contributed by atoms with Gasteiger partial charge < -0.3 is 9.26 Å². The van der Waals surface area contributed by atoms with Crippen molar-refractivity contribution < 1.29 is 14.1 Å². The van der Waals surface area contributed by atoms with Gasteiger partial charge in [0.05, 0.1) is 0 Å². The summed E-state index contributed by atoms with van der Waals surface area (Å²) in [7, 11) is 0. The molecule has 2 aliphatic heterocycles. The minimum Gasteiger partial charge on any atom is -0.381 e. The lowest BCUT2D eigenvalue weighted by Crippen LogP contribution is -2.30. The first kappa shape index (κ1) is 15.3. The molecule has 6 heteroatoms. The zero-order valence-electron chi connectivity index (χ0n) is 13.8. The highest BCUT2D eigenvalue weighted by Crippen LogP contribution is 2.39. The molecule has 0 radical (unpaired) electrons. The average Bonchev–Trinajstić information content (AvgIpc) is 3.19. The standard InChI is InChI=1S/C18H21N3O3/c1-12(22)21-15-5-3-2-4-14(15)11-16(21)18-19-17(20-24-18)10-13-6-8-23-9-7-13/h2-5,13,16H,6-11H2,1H3/t16-/m0/s1. The van der Waals surface area contributed by atoms with Gasteiger partial charge in [0.2, 0.25) is 11.8 Å². The Morgan fingerprint density at radius 3 is 2.88 bits per heavy atom. The SMILES string of the molecule is CC(=O)N1c2ccccc2C[C@H]1c1nc(CC2CCOCC2)no1. The molecule has 1 aromatic carbocycles. The first-order chi connectivity index (χ1) is 11.7. The maximum Gasteiger partial charge on any atom is 0.250 e. The highest BCUT2D eigenvalue weighted by molar-refractivity contribution is 5.94. The van der Waals surface area contributed by atoms with Crippen LogP contribution in [0.2, 0.25) is 0 Å². The summed E-state index contributed by atoms with van der Waals surface area (Å²) >= 11 is 0. The van der Waals surface area contributed by atoms with Gasteiger partial charge in [-0.2, -0.15) is 4.98 Å². The first-order valence-electron chi connectivity index (χ1n) is 8.50. The van der Waals surface area contributed by atoms with Gasteiger partial charge in [0.1, 0.15) is 6.04 Å². The molecule has 0 saturated carbocycles. The lowest BCUT2D eigenvalue weighted by Gasteiger charge is -2.21. The molecule has 0 bridgehead atoms. The zero-order chi connectivity index (χ0) is 16.5. The van der Waals surface area contributed by atoms with Crippen LogP contribution in [0.5, 0.6) is 0 Å². The van der Waals surface area contributed by atoms with E-state index in [0.717, 1.165) is 49.6 Å². The molecule has 3 heterocycles. The molecule has 1 fully saturated rings. The summed E-state index contributed by atoms with van der Waals surface area (Å²) in [6.07, 6.45) is 3.61. The average molecular weight is 327 g/mol. The Balaban J connectivity index is 1.54. The maximum absolute atomic E-state index is 12.1. The van der Waals surface area contributed by atoms with E-state index in [4.69, 9.17) is 9.26 Å². The Kier molecular flexibility index (Phi) is 4.06. The summed E-state index contributed by atoms with van der Waals surface area (Å²) in [6, 6.07) is 7.75. The Morgan fingerprint density at radius 2 is 2.08 bits per heavy atom. The van der Waals surface area contributed by atoms with Gasteiger partial charge in [-0.15, -0.1) is 0 Å². The Labute approximate surface area is 140 Å². The van der Waals surface area contributed by atoms with Gasteiger partial charge in [-0.3, -0.25) is 9.69 Å². The van der Waals surface area contributed by atoms with Gasteiger partial charge in [-0.05, 0) is 30.4 Å². The lowest BCUT2D eigenvalue weighted by molar-refractivity contribution is -0.117. The quantitative estimate of drug-likeness (QED) is 0.867. The second-order valence-electron chi connectivity index (χ2n) is 6.55. The predicted octanol–water partition coefficient (Wildman–Crippen LogP) is 2.69. The number of rotatable bonds is 3. The number of carbonyl (C=O) groups is 1. The summed E-state index contributed by atoms with van der Waals surface area (Å²) in [6.45, 7) is 3.20. The number of hydrogen-bond donors (Lipinski definition) is 0. The monoisotopic (exact) mass is 327 g/mol. The van der Waals surface area contributed by atoms with E-state index in [0.29, 0.717) is 18.2 Å². The molecule has 24 heavy (non-hydrogen) atoms. The molecule has 1 aromatic heterocycles. The van der Waals surface area contributed by atoms with Crippen molar-refractivity contribution in [2.75, 3.05) is 18.1 Å². The number of anilines is 1. The molecule has 1 amide bonds. The molecule has 2 aliphatic rings. The molecular weight excluding hydrogens is 306 g/mol. The van der Waals surface area contributed by atoms with Crippen LogP contribution < -0.4 is 4.90 Å². The third kappa shape index (κ3) is 2.82. The predicted molar refractivity (Wildman–Crippen MR) is 87.6 cm³/mol. The van der Waals surface area contributed by atoms with E-state index in [-0.39, 0.29) is 11.9 Å². The molecule has 0 aliphatic carbocycles. The fraction of sp³-hybridized carbons (Fsp3) is 0.500. The Hall–Kier alpha value is -2.21. The Bertz CT molecular complexity index is 737. The third-order valence-electron chi connectivity index (χ3n) is 4.90. The van der Waals surface area contributed by atoms with Crippen molar-refractivity contribution in [2.24, 2.45) is 5.92 Å². The summed E-state index contributed by atoms with van der Waals surface area (Å²) in [5.74, 6) is 1.81. The molecular formula is C18H21N3O3. The van der Waals surface area contributed by atoms with E-state index in [1.807, 2.05) is 24.3 Å². The van der Waals surface area contributed by atoms with Crippen LogP contribution in [0.4, 0.5) is 5.69 Å². The van der Waals surface area contributed by atoms with Gasteiger partial charge in [0.15, 0.2) is 5.82 Å². The normalized spacial score (nSPS) is 21.0. The third-order valence-corrected chi connectivity index (χ3v) is 4.90. The minimum atomic E-state index is -0.198. The van der Waals surface area contributed by atoms with E-state index in [2.05, 4.69) is 10.1 Å². The van der Waals surface area contributed by atoms with Crippen molar-refractivity contribution in [1.82, 2.24) is 10.1 Å². The van der Waals surface area contributed by atoms with Crippen LogP contribution in [-0.4, -0.2) is 29.3 Å². The number of nitrogens with zero attached hydrogens (tertiary/aromatic N) is 3. The first-order valence-corrected chi connectivity index (χ1v) is 8.50. The molecule has 1 atom stereocenters. The molecule has 6 nitrogen and oxygen atoms in total. The second-order valence-corrected chi connectivity index (χ2v) is 6.55. The van der Waals surface area contributed by atoms with Crippen LogP contribution >= 0.6 is 0 Å². The van der Waals surface area contributed by atoms with E-state index in [1.54, 1.807) is 11.8 Å². The van der Waals surface area contributed by atoms with Gasteiger partial charge in [0, 0.05) is 38.7 Å². The van der Waals surface area contributed by atoms with Crippen molar-refractivity contribution in [3.63, 3.8) is 0 Å². The van der Waals surface area contributed by atoms with Crippen LogP contribution in [0.15, 0.2) is 28.8 Å². The smallest absolute Gasteiger partial charge is 0.250 e. The van der Waals surface area contributed by atoms with E-state index in [1.165, 1.54) is 0 Å². The summed E-state index contributed by atoms with van der Waals surface area (Å²) < 4.78 is 10.9. The van der Waals surface area contributed by atoms with Crippen molar-refractivity contribution in [2.45, 2.75) is 38.6 Å². The molecule has 126 valence electrons.